The lowest BCUT2D eigenvalue weighted by Crippen LogP contribution is -2.40. The summed E-state index contributed by atoms with van der Waals surface area (Å²) in [6.45, 7) is 0.706. The van der Waals surface area contributed by atoms with Crippen LogP contribution in [0.3, 0.4) is 0 Å². The van der Waals surface area contributed by atoms with E-state index in [4.69, 9.17) is 4.42 Å². The van der Waals surface area contributed by atoms with E-state index in [0.717, 1.165) is 16.7 Å². The van der Waals surface area contributed by atoms with Gasteiger partial charge in [-0.2, -0.15) is 0 Å². The molecular formula is C22H20FN3O5S. The molecule has 10 heteroatoms. The summed E-state index contributed by atoms with van der Waals surface area (Å²) in [4.78, 5) is 52.2. The number of carbonyl (C=O) groups excluding carboxylic acids is 4. The van der Waals surface area contributed by atoms with Gasteiger partial charge >= 0.3 is 0 Å². The van der Waals surface area contributed by atoms with Crippen LogP contribution in [-0.2, 0) is 20.9 Å². The minimum Gasteiger partial charge on any atom is -0.467 e. The van der Waals surface area contributed by atoms with E-state index in [1.54, 1.807) is 17.0 Å². The van der Waals surface area contributed by atoms with E-state index in [-0.39, 0.29) is 48.6 Å². The minimum absolute atomic E-state index is 0.0218. The number of halogens is 1. The third kappa shape index (κ3) is 4.91. The van der Waals surface area contributed by atoms with Gasteiger partial charge in [0.1, 0.15) is 11.6 Å². The Bertz CT molecular complexity index is 1070. The van der Waals surface area contributed by atoms with Crippen molar-refractivity contribution in [2.45, 2.75) is 13.0 Å². The van der Waals surface area contributed by atoms with Crippen molar-refractivity contribution < 1.29 is 28.0 Å². The normalized spacial score (nSPS) is 20.0. The zero-order valence-corrected chi connectivity index (χ0v) is 17.8. The molecular weight excluding hydrogens is 437 g/mol. The molecule has 166 valence electrons. The molecule has 1 atom stereocenters. The molecule has 0 bridgehead atoms. The maximum atomic E-state index is 13.0. The van der Waals surface area contributed by atoms with Crippen LogP contribution in [0, 0.1) is 11.7 Å². The molecule has 2 aliphatic heterocycles. The van der Waals surface area contributed by atoms with Crippen LogP contribution in [0.1, 0.15) is 17.7 Å². The first-order valence-corrected chi connectivity index (χ1v) is 10.8. The van der Waals surface area contributed by atoms with Crippen molar-refractivity contribution in [2.24, 2.45) is 5.92 Å². The minimum atomic E-state index is -0.495. The predicted octanol–water partition coefficient (Wildman–Crippen LogP) is 2.62. The number of hydrogen-bond donors (Lipinski definition) is 1. The Balaban J connectivity index is 1.27. The molecule has 2 fully saturated rings. The summed E-state index contributed by atoms with van der Waals surface area (Å²) in [5, 5.41) is 2.27. The zero-order chi connectivity index (χ0) is 22.7. The van der Waals surface area contributed by atoms with E-state index in [0.29, 0.717) is 17.9 Å². The third-order valence-electron chi connectivity index (χ3n) is 5.19. The van der Waals surface area contributed by atoms with Gasteiger partial charge in [0.25, 0.3) is 11.1 Å². The maximum Gasteiger partial charge on any atom is 0.293 e. The number of imide groups is 1. The average molecular weight is 457 g/mol. The number of nitrogens with zero attached hydrogens (tertiary/aromatic N) is 2. The number of benzene rings is 1. The first-order chi connectivity index (χ1) is 15.4. The molecule has 0 saturated carbocycles. The van der Waals surface area contributed by atoms with Crippen LogP contribution < -0.4 is 5.32 Å². The first kappa shape index (κ1) is 21.8. The summed E-state index contributed by atoms with van der Waals surface area (Å²) in [6, 6.07) is 9.08. The van der Waals surface area contributed by atoms with Crippen LogP contribution in [0.2, 0.25) is 0 Å². The van der Waals surface area contributed by atoms with Gasteiger partial charge in [0, 0.05) is 26.1 Å². The molecule has 1 unspecified atom stereocenters. The fraction of sp³-hybridized carbons (Fsp3) is 0.273. The van der Waals surface area contributed by atoms with Crippen LogP contribution in [0.25, 0.3) is 6.08 Å². The highest BCUT2D eigenvalue weighted by Crippen LogP contribution is 2.32. The Hall–Kier alpha value is -3.40. The molecule has 0 spiro atoms. The molecule has 2 saturated heterocycles. The number of thioether (sulfide) groups is 1. The topological polar surface area (TPSA) is 99.9 Å². The molecule has 8 nitrogen and oxygen atoms in total. The van der Waals surface area contributed by atoms with Gasteiger partial charge in [-0.15, -0.1) is 0 Å². The van der Waals surface area contributed by atoms with Crippen molar-refractivity contribution >= 4 is 40.8 Å². The number of likely N-dealkylation sites (tertiary alicyclic amines) is 1. The quantitative estimate of drug-likeness (QED) is 0.642. The molecule has 1 aromatic heterocycles. The van der Waals surface area contributed by atoms with Crippen molar-refractivity contribution in [1.82, 2.24) is 15.1 Å². The number of furan rings is 1. The molecule has 1 N–H and O–H groups in total. The Morgan fingerprint density at radius 3 is 2.72 bits per heavy atom. The van der Waals surface area contributed by atoms with Gasteiger partial charge in [-0.25, -0.2) is 4.39 Å². The molecule has 4 amide bonds. The number of hydrogen-bond acceptors (Lipinski definition) is 6. The molecule has 4 rings (SSSR count). The van der Waals surface area contributed by atoms with Gasteiger partial charge in [-0.3, -0.25) is 24.1 Å². The fourth-order valence-electron chi connectivity index (χ4n) is 3.53. The number of amides is 4. The van der Waals surface area contributed by atoms with E-state index in [1.807, 2.05) is 0 Å². The van der Waals surface area contributed by atoms with Crippen molar-refractivity contribution in [3.8, 4) is 0 Å². The summed E-state index contributed by atoms with van der Waals surface area (Å²) in [5.41, 5.74) is 0.607. The van der Waals surface area contributed by atoms with Crippen LogP contribution >= 0.6 is 11.8 Å². The van der Waals surface area contributed by atoms with Crippen LogP contribution in [0.15, 0.2) is 52.0 Å². The van der Waals surface area contributed by atoms with Gasteiger partial charge in [0.05, 0.1) is 23.6 Å². The van der Waals surface area contributed by atoms with Crippen molar-refractivity contribution in [3.63, 3.8) is 0 Å². The molecule has 2 aromatic rings. The van der Waals surface area contributed by atoms with Gasteiger partial charge in [0.15, 0.2) is 0 Å². The second kappa shape index (κ2) is 9.39. The lowest BCUT2D eigenvalue weighted by molar-refractivity contribution is -0.129. The number of rotatable bonds is 7. The Morgan fingerprint density at radius 1 is 1.22 bits per heavy atom. The van der Waals surface area contributed by atoms with Crippen LogP contribution in [0.5, 0.6) is 0 Å². The molecule has 3 heterocycles. The van der Waals surface area contributed by atoms with Crippen molar-refractivity contribution in [2.75, 3.05) is 19.6 Å². The molecule has 0 radical (unpaired) electrons. The molecule has 2 aliphatic rings. The second-order valence-corrected chi connectivity index (χ2v) is 8.42. The summed E-state index contributed by atoms with van der Waals surface area (Å²) < 4.78 is 18.3. The average Bonchev–Trinajstić information content (AvgIpc) is 3.47. The summed E-state index contributed by atoms with van der Waals surface area (Å²) in [5.74, 6) is -1.12. The van der Waals surface area contributed by atoms with Gasteiger partial charge in [0.2, 0.25) is 11.8 Å². The smallest absolute Gasteiger partial charge is 0.293 e. The Labute approximate surface area is 187 Å². The Kier molecular flexibility index (Phi) is 6.40. The monoisotopic (exact) mass is 457 g/mol. The highest BCUT2D eigenvalue weighted by molar-refractivity contribution is 8.18. The SMILES string of the molecule is O=C(NCCN1C(=O)S/C(=C/c2ccc(F)cc2)C1=O)C1CC(=O)N(Cc2ccco2)C1. The highest BCUT2D eigenvalue weighted by Gasteiger charge is 2.36. The van der Waals surface area contributed by atoms with Gasteiger partial charge in [-0.1, -0.05) is 12.1 Å². The molecule has 32 heavy (non-hydrogen) atoms. The lowest BCUT2D eigenvalue weighted by Gasteiger charge is -2.16. The van der Waals surface area contributed by atoms with Crippen LogP contribution in [-0.4, -0.2) is 52.4 Å². The third-order valence-corrected chi connectivity index (χ3v) is 6.10. The predicted molar refractivity (Wildman–Crippen MR) is 114 cm³/mol. The summed E-state index contributed by atoms with van der Waals surface area (Å²) in [7, 11) is 0. The van der Waals surface area contributed by atoms with Crippen molar-refractivity contribution in [1.29, 1.82) is 0 Å². The van der Waals surface area contributed by atoms with E-state index in [2.05, 4.69) is 5.32 Å². The van der Waals surface area contributed by atoms with Crippen molar-refractivity contribution in [3.05, 3.63) is 64.7 Å². The van der Waals surface area contributed by atoms with E-state index < -0.39 is 17.1 Å². The Morgan fingerprint density at radius 2 is 2.00 bits per heavy atom. The lowest BCUT2D eigenvalue weighted by atomic mass is 10.1. The van der Waals surface area contributed by atoms with E-state index in [9.17, 15) is 23.6 Å². The van der Waals surface area contributed by atoms with E-state index >= 15 is 0 Å². The van der Waals surface area contributed by atoms with E-state index in [1.165, 1.54) is 36.6 Å². The standard InChI is InChI=1S/C22H20FN3O5S/c23-16-5-3-14(4-6-16)10-18-21(29)26(22(30)32-18)8-7-24-20(28)15-11-19(27)25(12-15)13-17-2-1-9-31-17/h1-6,9-10,15H,7-8,11-13H2,(H,24,28)/b18-10+. The largest absolute Gasteiger partial charge is 0.467 e. The number of nitrogens with one attached hydrogen (secondary N) is 1. The zero-order valence-electron chi connectivity index (χ0n) is 17.0. The molecule has 1 aromatic carbocycles. The van der Waals surface area contributed by atoms with Gasteiger partial charge in [-0.05, 0) is 47.7 Å². The molecule has 0 aliphatic carbocycles. The second-order valence-electron chi connectivity index (χ2n) is 7.43. The maximum absolute atomic E-state index is 13.0. The first-order valence-electron chi connectivity index (χ1n) is 9.99. The summed E-state index contributed by atoms with van der Waals surface area (Å²) >= 11 is 0.799. The summed E-state index contributed by atoms with van der Waals surface area (Å²) in [6.07, 6.45) is 3.16. The fourth-order valence-corrected chi connectivity index (χ4v) is 4.39. The van der Waals surface area contributed by atoms with Gasteiger partial charge < -0.3 is 14.6 Å². The highest BCUT2D eigenvalue weighted by atomic mass is 32.2. The number of carbonyl (C=O) groups is 4. The van der Waals surface area contributed by atoms with Crippen LogP contribution in [0.4, 0.5) is 9.18 Å².